The second-order valence-corrected chi connectivity index (χ2v) is 4.56. The Balaban J connectivity index is 2.53. The second-order valence-electron chi connectivity index (χ2n) is 4.15. The van der Waals surface area contributed by atoms with Crippen LogP contribution < -0.4 is 10.5 Å². The van der Waals surface area contributed by atoms with Gasteiger partial charge in [0, 0.05) is 5.02 Å². The van der Waals surface area contributed by atoms with Crippen molar-refractivity contribution in [1.29, 1.82) is 0 Å². The van der Waals surface area contributed by atoms with Gasteiger partial charge in [0.15, 0.2) is 0 Å². The number of halogens is 4. The summed E-state index contributed by atoms with van der Waals surface area (Å²) in [5.74, 6) is 0.222. The normalized spacial score (nSPS) is 17.9. The fourth-order valence-electron chi connectivity index (χ4n) is 1.94. The van der Waals surface area contributed by atoms with Crippen molar-refractivity contribution < 1.29 is 17.9 Å². The lowest BCUT2D eigenvalue weighted by molar-refractivity contribution is -0.160. The summed E-state index contributed by atoms with van der Waals surface area (Å²) in [5.41, 5.74) is 4.06. The van der Waals surface area contributed by atoms with Gasteiger partial charge < -0.3 is 10.5 Å². The van der Waals surface area contributed by atoms with Crippen molar-refractivity contribution in [3.05, 3.63) is 22.7 Å². The van der Waals surface area contributed by atoms with E-state index in [9.17, 15) is 13.2 Å². The van der Waals surface area contributed by atoms with Crippen molar-refractivity contribution in [2.75, 3.05) is 12.8 Å². The van der Waals surface area contributed by atoms with Gasteiger partial charge >= 0.3 is 6.18 Å². The van der Waals surface area contributed by atoms with Crippen LogP contribution in [-0.2, 0) is 5.41 Å². The Kier molecular flexibility index (Phi) is 2.69. The van der Waals surface area contributed by atoms with Crippen LogP contribution in [0.25, 0.3) is 0 Å². The molecular formula is C11H11ClF3NO. The summed E-state index contributed by atoms with van der Waals surface area (Å²) < 4.78 is 43.8. The third-order valence-corrected chi connectivity index (χ3v) is 3.44. The number of benzene rings is 1. The Morgan fingerprint density at radius 1 is 1.35 bits per heavy atom. The zero-order chi connectivity index (χ0) is 12.8. The summed E-state index contributed by atoms with van der Waals surface area (Å²) in [4.78, 5) is 0. The van der Waals surface area contributed by atoms with Gasteiger partial charge in [-0.05, 0) is 30.5 Å². The fourth-order valence-corrected chi connectivity index (χ4v) is 2.30. The predicted molar refractivity (Wildman–Crippen MR) is 59.4 cm³/mol. The van der Waals surface area contributed by atoms with E-state index in [2.05, 4.69) is 0 Å². The first-order valence-corrected chi connectivity index (χ1v) is 5.40. The largest absolute Gasteiger partial charge is 0.495 e. The summed E-state index contributed by atoms with van der Waals surface area (Å²) in [6, 6.07) is 2.60. The minimum absolute atomic E-state index is 0.0399. The number of hydrogen-bond acceptors (Lipinski definition) is 2. The molecule has 0 aromatic heterocycles. The zero-order valence-corrected chi connectivity index (χ0v) is 9.82. The molecule has 1 fully saturated rings. The highest BCUT2D eigenvalue weighted by Gasteiger charge is 2.65. The quantitative estimate of drug-likeness (QED) is 0.831. The maximum absolute atomic E-state index is 13.0. The average molecular weight is 266 g/mol. The molecule has 94 valence electrons. The molecule has 2 nitrogen and oxygen atoms in total. The zero-order valence-electron chi connectivity index (χ0n) is 9.07. The Hall–Kier alpha value is -1.10. The Labute approximate surface area is 102 Å². The number of anilines is 1. The number of hydrogen-bond donors (Lipinski definition) is 1. The summed E-state index contributed by atoms with van der Waals surface area (Å²) in [6.45, 7) is 0. The van der Waals surface area contributed by atoms with Crippen LogP contribution in [0.15, 0.2) is 12.1 Å². The van der Waals surface area contributed by atoms with Crippen LogP contribution in [0.2, 0.25) is 5.02 Å². The van der Waals surface area contributed by atoms with Gasteiger partial charge in [-0.15, -0.1) is 0 Å². The van der Waals surface area contributed by atoms with E-state index in [-0.39, 0.29) is 34.9 Å². The van der Waals surface area contributed by atoms with Crippen molar-refractivity contribution in [2.24, 2.45) is 0 Å². The highest BCUT2D eigenvalue weighted by Crippen LogP contribution is 2.61. The molecule has 0 heterocycles. The third-order valence-electron chi connectivity index (χ3n) is 3.13. The Bertz CT molecular complexity index is 455. The lowest BCUT2D eigenvalue weighted by Gasteiger charge is -2.22. The van der Waals surface area contributed by atoms with Crippen LogP contribution in [0.5, 0.6) is 5.75 Å². The predicted octanol–water partition coefficient (Wildman–Crippen LogP) is 3.52. The van der Waals surface area contributed by atoms with Gasteiger partial charge in [0.2, 0.25) is 0 Å². The molecule has 2 N–H and O–H groups in total. The summed E-state index contributed by atoms with van der Waals surface area (Å²) in [5, 5.41) is 0.0399. The molecule has 1 aromatic rings. The number of nitrogens with two attached hydrogens (primary N) is 1. The number of methoxy groups -OCH3 is 1. The standard InChI is InChI=1S/C11H11ClF3NO/c1-17-9-4-6(7(12)5-8(9)16)10(2-3-10)11(13,14)15/h4-5H,2-3,16H2,1H3. The molecule has 0 aliphatic heterocycles. The molecule has 6 heteroatoms. The summed E-state index contributed by atoms with van der Waals surface area (Å²) in [7, 11) is 1.36. The Morgan fingerprint density at radius 3 is 2.35 bits per heavy atom. The van der Waals surface area contributed by atoms with Crippen LogP contribution in [0.3, 0.4) is 0 Å². The average Bonchev–Trinajstić information content (AvgIpc) is 2.98. The smallest absolute Gasteiger partial charge is 0.398 e. The van der Waals surface area contributed by atoms with E-state index >= 15 is 0 Å². The lowest BCUT2D eigenvalue weighted by atomic mass is 9.94. The van der Waals surface area contributed by atoms with Gasteiger partial charge in [0.05, 0.1) is 18.2 Å². The first-order chi connectivity index (χ1) is 7.82. The minimum Gasteiger partial charge on any atom is -0.495 e. The Morgan fingerprint density at radius 2 is 1.94 bits per heavy atom. The van der Waals surface area contributed by atoms with Gasteiger partial charge in [0.25, 0.3) is 0 Å². The minimum atomic E-state index is -4.29. The summed E-state index contributed by atoms with van der Waals surface area (Å²) >= 11 is 5.85. The molecule has 1 aliphatic carbocycles. The number of alkyl halides is 3. The van der Waals surface area contributed by atoms with Gasteiger partial charge in [-0.25, -0.2) is 0 Å². The van der Waals surface area contributed by atoms with Gasteiger partial charge in [-0.1, -0.05) is 11.6 Å². The maximum Gasteiger partial charge on any atom is 0.398 e. The van der Waals surface area contributed by atoms with Crippen LogP contribution in [0.1, 0.15) is 18.4 Å². The van der Waals surface area contributed by atoms with E-state index in [1.165, 1.54) is 19.2 Å². The molecule has 2 rings (SSSR count). The first kappa shape index (κ1) is 12.4. The first-order valence-electron chi connectivity index (χ1n) is 5.02. The van der Waals surface area contributed by atoms with Crippen LogP contribution in [-0.4, -0.2) is 13.3 Å². The fraction of sp³-hybridized carbons (Fsp3) is 0.455. The molecule has 0 saturated heterocycles. The molecule has 1 saturated carbocycles. The molecule has 0 bridgehead atoms. The van der Waals surface area contributed by atoms with Crippen molar-refractivity contribution >= 4 is 17.3 Å². The van der Waals surface area contributed by atoms with E-state index in [1.807, 2.05) is 0 Å². The molecule has 0 unspecified atom stereocenters. The van der Waals surface area contributed by atoms with Crippen molar-refractivity contribution in [1.82, 2.24) is 0 Å². The molecule has 1 aromatic carbocycles. The maximum atomic E-state index is 13.0. The number of ether oxygens (including phenoxy) is 1. The van der Waals surface area contributed by atoms with Crippen molar-refractivity contribution in [3.8, 4) is 5.75 Å². The third kappa shape index (κ3) is 1.82. The van der Waals surface area contributed by atoms with E-state index in [4.69, 9.17) is 22.1 Å². The van der Waals surface area contributed by atoms with Gasteiger partial charge in [-0.3, -0.25) is 0 Å². The monoisotopic (exact) mass is 265 g/mol. The van der Waals surface area contributed by atoms with Gasteiger partial charge in [0.1, 0.15) is 5.75 Å². The van der Waals surface area contributed by atoms with Crippen LogP contribution >= 0.6 is 11.6 Å². The van der Waals surface area contributed by atoms with E-state index < -0.39 is 11.6 Å². The highest BCUT2D eigenvalue weighted by molar-refractivity contribution is 6.32. The number of nitrogen functional groups attached to an aromatic ring is 1. The lowest BCUT2D eigenvalue weighted by Crippen LogP contribution is -2.29. The molecule has 1 aliphatic rings. The van der Waals surface area contributed by atoms with E-state index in [0.717, 1.165) is 0 Å². The molecule has 17 heavy (non-hydrogen) atoms. The SMILES string of the molecule is COc1cc(C2(C(F)(F)F)CC2)c(Cl)cc1N. The van der Waals surface area contributed by atoms with Crippen LogP contribution in [0.4, 0.5) is 18.9 Å². The van der Waals surface area contributed by atoms with E-state index in [1.54, 1.807) is 0 Å². The molecular weight excluding hydrogens is 255 g/mol. The van der Waals surface area contributed by atoms with Gasteiger partial charge in [-0.2, -0.15) is 13.2 Å². The molecule has 0 spiro atoms. The van der Waals surface area contributed by atoms with Crippen LogP contribution in [0, 0.1) is 0 Å². The number of rotatable bonds is 2. The second kappa shape index (κ2) is 3.70. The van der Waals surface area contributed by atoms with Crippen molar-refractivity contribution in [2.45, 2.75) is 24.4 Å². The van der Waals surface area contributed by atoms with E-state index in [0.29, 0.717) is 0 Å². The highest BCUT2D eigenvalue weighted by atomic mass is 35.5. The topological polar surface area (TPSA) is 35.2 Å². The summed E-state index contributed by atoms with van der Waals surface area (Å²) in [6.07, 6.45) is -4.18. The van der Waals surface area contributed by atoms with Crippen molar-refractivity contribution in [3.63, 3.8) is 0 Å². The molecule has 0 radical (unpaired) electrons. The molecule has 0 atom stereocenters. The molecule has 0 amide bonds.